The number of anilines is 1. The molecule has 1 saturated heterocycles. The zero-order valence-electron chi connectivity index (χ0n) is 20.3. The highest BCUT2D eigenvalue weighted by Gasteiger charge is 2.38. The molecule has 1 aliphatic heterocycles. The predicted octanol–water partition coefficient (Wildman–Crippen LogP) is 4.82. The molecule has 0 aliphatic carbocycles. The number of carbonyl (C=O) groups is 1. The summed E-state index contributed by atoms with van der Waals surface area (Å²) in [5.74, 6) is 0.470. The van der Waals surface area contributed by atoms with Crippen LogP contribution >= 0.6 is 0 Å². The lowest BCUT2D eigenvalue weighted by Gasteiger charge is -2.34. The molecule has 0 radical (unpaired) electrons. The van der Waals surface area contributed by atoms with Crippen molar-refractivity contribution < 1.29 is 17.9 Å². The van der Waals surface area contributed by atoms with Gasteiger partial charge in [-0.25, -0.2) is 8.42 Å². The molecule has 1 aliphatic rings. The fraction of sp³-hybridized carbons (Fsp3) is 0.321. The first-order chi connectivity index (χ1) is 16.9. The number of methoxy groups -OCH3 is 1. The maximum Gasteiger partial charge on any atom is 0.265 e. The fourth-order valence-corrected chi connectivity index (χ4v) is 6.11. The SMILES string of the molecule is COc1ccc(N(C(CCc2ccccc2)C(=O)N2CCCC2)S(=O)(=O)c2ccc(C)cc2)cc1. The van der Waals surface area contributed by atoms with Crippen molar-refractivity contribution in [3.63, 3.8) is 0 Å². The molecule has 6 nitrogen and oxygen atoms in total. The van der Waals surface area contributed by atoms with E-state index in [1.165, 1.54) is 4.31 Å². The highest BCUT2D eigenvalue weighted by molar-refractivity contribution is 7.93. The standard InChI is InChI=1S/C28H32N2O4S/c1-22-10-17-26(18-11-22)35(32,33)30(24-13-15-25(34-2)16-14-24)27(28(31)29-20-6-7-21-29)19-12-23-8-4-3-5-9-23/h3-5,8-11,13-18,27H,6-7,12,19-21H2,1-2H3. The van der Waals surface area contributed by atoms with Gasteiger partial charge in [-0.3, -0.25) is 9.10 Å². The molecule has 7 heteroatoms. The van der Waals surface area contributed by atoms with Crippen molar-refractivity contribution in [2.45, 2.75) is 43.5 Å². The van der Waals surface area contributed by atoms with Crippen molar-refractivity contribution in [3.05, 3.63) is 90.0 Å². The van der Waals surface area contributed by atoms with Gasteiger partial charge in [-0.2, -0.15) is 0 Å². The summed E-state index contributed by atoms with van der Waals surface area (Å²) in [4.78, 5) is 15.8. The van der Waals surface area contributed by atoms with Crippen LogP contribution in [-0.2, 0) is 21.2 Å². The first-order valence-electron chi connectivity index (χ1n) is 12.0. The quantitative estimate of drug-likeness (QED) is 0.429. The monoisotopic (exact) mass is 492 g/mol. The number of benzene rings is 3. The van der Waals surface area contributed by atoms with Gasteiger partial charge in [-0.15, -0.1) is 0 Å². The first-order valence-corrected chi connectivity index (χ1v) is 13.4. The van der Waals surface area contributed by atoms with Gasteiger partial charge in [-0.1, -0.05) is 48.0 Å². The van der Waals surface area contributed by atoms with Crippen molar-refractivity contribution in [3.8, 4) is 5.75 Å². The molecule has 1 atom stereocenters. The fourth-order valence-electron chi connectivity index (χ4n) is 4.48. The molecule has 0 N–H and O–H groups in total. The lowest BCUT2D eigenvalue weighted by Crippen LogP contribution is -2.51. The zero-order chi connectivity index (χ0) is 24.8. The summed E-state index contributed by atoms with van der Waals surface area (Å²) in [5.41, 5.74) is 2.47. The molecular weight excluding hydrogens is 460 g/mol. The molecule has 1 unspecified atom stereocenters. The molecule has 1 fully saturated rings. The largest absolute Gasteiger partial charge is 0.497 e. The summed E-state index contributed by atoms with van der Waals surface area (Å²) < 4.78 is 34.8. The number of aryl methyl sites for hydroxylation is 2. The Kier molecular flexibility index (Phi) is 7.76. The van der Waals surface area contributed by atoms with E-state index in [2.05, 4.69) is 0 Å². The van der Waals surface area contributed by atoms with Crippen LogP contribution in [0.4, 0.5) is 5.69 Å². The number of nitrogens with zero attached hydrogens (tertiary/aromatic N) is 2. The zero-order valence-corrected chi connectivity index (χ0v) is 21.1. The average Bonchev–Trinajstić information content (AvgIpc) is 3.42. The molecule has 0 spiro atoms. The van der Waals surface area contributed by atoms with Gasteiger partial charge in [0.05, 0.1) is 17.7 Å². The summed E-state index contributed by atoms with van der Waals surface area (Å²) in [6, 6.07) is 22.6. The van der Waals surface area contributed by atoms with Crippen molar-refractivity contribution in [2.75, 3.05) is 24.5 Å². The Morgan fingerprint density at radius 1 is 0.943 bits per heavy atom. The summed E-state index contributed by atoms with van der Waals surface area (Å²) in [5, 5.41) is 0. The Morgan fingerprint density at radius 2 is 1.57 bits per heavy atom. The van der Waals surface area contributed by atoms with Crippen LogP contribution < -0.4 is 9.04 Å². The molecule has 3 aromatic rings. The Morgan fingerprint density at radius 3 is 2.17 bits per heavy atom. The van der Waals surface area contributed by atoms with E-state index in [0.717, 1.165) is 24.0 Å². The van der Waals surface area contributed by atoms with Gasteiger partial charge in [0.2, 0.25) is 5.91 Å². The van der Waals surface area contributed by atoms with Gasteiger partial charge >= 0.3 is 0 Å². The number of likely N-dealkylation sites (tertiary alicyclic amines) is 1. The van der Waals surface area contributed by atoms with Crippen LogP contribution in [0.5, 0.6) is 5.75 Å². The molecule has 1 heterocycles. The average molecular weight is 493 g/mol. The highest BCUT2D eigenvalue weighted by atomic mass is 32.2. The minimum Gasteiger partial charge on any atom is -0.497 e. The number of amides is 1. The van der Waals surface area contributed by atoms with E-state index < -0.39 is 16.1 Å². The molecule has 35 heavy (non-hydrogen) atoms. The second kappa shape index (κ2) is 11.0. The van der Waals surface area contributed by atoms with Gasteiger partial charge in [0, 0.05) is 13.1 Å². The summed E-state index contributed by atoms with van der Waals surface area (Å²) in [6.45, 7) is 3.22. The van der Waals surface area contributed by atoms with Crippen molar-refractivity contribution in [2.24, 2.45) is 0 Å². The van der Waals surface area contributed by atoms with E-state index in [9.17, 15) is 13.2 Å². The third-order valence-corrected chi connectivity index (χ3v) is 8.29. The van der Waals surface area contributed by atoms with Crippen molar-refractivity contribution in [1.82, 2.24) is 4.90 Å². The molecule has 1 amide bonds. The molecule has 4 rings (SSSR count). The lowest BCUT2D eigenvalue weighted by atomic mass is 10.0. The third kappa shape index (κ3) is 5.68. The van der Waals surface area contributed by atoms with E-state index in [0.29, 0.717) is 37.4 Å². The maximum atomic E-state index is 14.1. The number of hydrogen-bond acceptors (Lipinski definition) is 4. The number of sulfonamides is 1. The molecule has 0 saturated carbocycles. The van der Waals surface area contributed by atoms with E-state index in [1.54, 1.807) is 60.5 Å². The van der Waals surface area contributed by atoms with E-state index >= 15 is 0 Å². The summed E-state index contributed by atoms with van der Waals surface area (Å²) >= 11 is 0. The van der Waals surface area contributed by atoms with Crippen molar-refractivity contribution >= 4 is 21.6 Å². The van der Waals surface area contributed by atoms with E-state index in [1.807, 2.05) is 37.3 Å². The van der Waals surface area contributed by atoms with Crippen LogP contribution in [0.15, 0.2) is 83.8 Å². The van der Waals surface area contributed by atoms with Crippen molar-refractivity contribution in [1.29, 1.82) is 0 Å². The van der Waals surface area contributed by atoms with E-state index in [4.69, 9.17) is 4.74 Å². The third-order valence-electron chi connectivity index (χ3n) is 6.44. The first kappa shape index (κ1) is 24.8. The number of hydrogen-bond donors (Lipinski definition) is 0. The second-order valence-corrected chi connectivity index (χ2v) is 10.7. The smallest absolute Gasteiger partial charge is 0.265 e. The second-order valence-electron chi connectivity index (χ2n) is 8.88. The van der Waals surface area contributed by atoms with Gasteiger partial charge in [0.15, 0.2) is 0 Å². The lowest BCUT2D eigenvalue weighted by molar-refractivity contribution is -0.131. The van der Waals surface area contributed by atoms with Gasteiger partial charge in [-0.05, 0) is 74.6 Å². The Bertz CT molecular complexity index is 1220. The van der Waals surface area contributed by atoms with Gasteiger partial charge < -0.3 is 9.64 Å². The topological polar surface area (TPSA) is 66.9 Å². The molecule has 0 aromatic heterocycles. The minimum atomic E-state index is -4.02. The Labute approximate surface area is 208 Å². The molecule has 184 valence electrons. The number of carbonyl (C=O) groups excluding carboxylic acids is 1. The van der Waals surface area contributed by atoms with Gasteiger partial charge in [0.25, 0.3) is 10.0 Å². The number of rotatable bonds is 9. The van der Waals surface area contributed by atoms with Crippen LogP contribution in [0.3, 0.4) is 0 Å². The number of ether oxygens (including phenoxy) is 1. The minimum absolute atomic E-state index is 0.148. The Balaban J connectivity index is 1.80. The highest BCUT2D eigenvalue weighted by Crippen LogP contribution is 2.31. The van der Waals surface area contributed by atoms with Crippen LogP contribution in [0.25, 0.3) is 0 Å². The summed E-state index contributed by atoms with van der Waals surface area (Å²) in [6.07, 6.45) is 2.83. The van der Waals surface area contributed by atoms with Gasteiger partial charge in [0.1, 0.15) is 11.8 Å². The normalized spacial score (nSPS) is 14.5. The molecule has 3 aromatic carbocycles. The van der Waals surface area contributed by atoms with Crippen LogP contribution in [0.1, 0.15) is 30.4 Å². The molecular formula is C28H32N2O4S. The predicted molar refractivity (Wildman–Crippen MR) is 138 cm³/mol. The van der Waals surface area contributed by atoms with E-state index in [-0.39, 0.29) is 10.8 Å². The van der Waals surface area contributed by atoms with Crippen LogP contribution in [0, 0.1) is 6.92 Å². The molecule has 0 bridgehead atoms. The maximum absolute atomic E-state index is 14.1. The Hall–Kier alpha value is -3.32. The van der Waals surface area contributed by atoms with Crippen LogP contribution in [0.2, 0.25) is 0 Å². The van der Waals surface area contributed by atoms with Crippen LogP contribution in [-0.4, -0.2) is 45.5 Å². The summed E-state index contributed by atoms with van der Waals surface area (Å²) in [7, 11) is -2.46.